The Kier molecular flexibility index (Phi) is 3.90. The lowest BCUT2D eigenvalue weighted by Gasteiger charge is -2.10. The highest BCUT2D eigenvalue weighted by Crippen LogP contribution is 2.36. The number of fused-ring (bicyclic) bond motifs is 3. The lowest BCUT2D eigenvalue weighted by atomic mass is 10.1. The van der Waals surface area contributed by atoms with E-state index in [0.29, 0.717) is 29.9 Å². The molecule has 0 saturated carbocycles. The molecule has 126 valence electrons. The van der Waals surface area contributed by atoms with E-state index >= 15 is 0 Å². The van der Waals surface area contributed by atoms with Crippen LogP contribution in [0.4, 0.5) is 5.69 Å². The van der Waals surface area contributed by atoms with E-state index in [1.165, 1.54) is 0 Å². The SMILES string of the molecule is COc1cc2c(cc1NC(=O)CCc1ccco1)oc1ccccc12. The third-order valence-corrected chi connectivity index (χ3v) is 4.15. The van der Waals surface area contributed by atoms with Crippen molar-refractivity contribution in [1.29, 1.82) is 0 Å². The lowest BCUT2D eigenvalue weighted by molar-refractivity contribution is -0.116. The van der Waals surface area contributed by atoms with E-state index in [2.05, 4.69) is 5.32 Å². The fraction of sp³-hybridized carbons (Fsp3) is 0.150. The lowest BCUT2D eigenvalue weighted by Crippen LogP contribution is -2.13. The summed E-state index contributed by atoms with van der Waals surface area (Å²) in [5, 5.41) is 4.87. The average Bonchev–Trinajstić information content (AvgIpc) is 3.26. The minimum absolute atomic E-state index is 0.106. The molecule has 0 saturated heterocycles. The fourth-order valence-electron chi connectivity index (χ4n) is 2.92. The van der Waals surface area contributed by atoms with E-state index in [4.69, 9.17) is 13.6 Å². The van der Waals surface area contributed by atoms with Gasteiger partial charge in [-0.15, -0.1) is 0 Å². The average molecular weight is 335 g/mol. The van der Waals surface area contributed by atoms with Crippen LogP contribution in [0, 0.1) is 0 Å². The van der Waals surface area contributed by atoms with Crippen molar-refractivity contribution in [3.05, 3.63) is 60.6 Å². The van der Waals surface area contributed by atoms with Crippen molar-refractivity contribution >= 4 is 33.5 Å². The molecule has 0 radical (unpaired) electrons. The van der Waals surface area contributed by atoms with Crippen LogP contribution < -0.4 is 10.1 Å². The highest BCUT2D eigenvalue weighted by molar-refractivity contribution is 6.07. The van der Waals surface area contributed by atoms with Gasteiger partial charge in [-0.3, -0.25) is 4.79 Å². The molecule has 0 fully saturated rings. The van der Waals surface area contributed by atoms with E-state index in [9.17, 15) is 4.79 Å². The molecule has 0 bridgehead atoms. The van der Waals surface area contributed by atoms with E-state index in [-0.39, 0.29) is 5.91 Å². The van der Waals surface area contributed by atoms with Crippen LogP contribution in [0.1, 0.15) is 12.2 Å². The first kappa shape index (κ1) is 15.3. The van der Waals surface area contributed by atoms with Crippen molar-refractivity contribution in [2.24, 2.45) is 0 Å². The fourth-order valence-corrected chi connectivity index (χ4v) is 2.92. The molecule has 2 aromatic carbocycles. The zero-order valence-electron chi connectivity index (χ0n) is 13.7. The maximum absolute atomic E-state index is 12.2. The Labute approximate surface area is 144 Å². The molecule has 0 atom stereocenters. The van der Waals surface area contributed by atoms with Gasteiger partial charge in [0.15, 0.2) is 0 Å². The molecule has 0 aliphatic carbocycles. The Morgan fingerprint density at radius 3 is 2.76 bits per heavy atom. The number of hydrogen-bond donors (Lipinski definition) is 1. The Hall–Kier alpha value is -3.21. The summed E-state index contributed by atoms with van der Waals surface area (Å²) < 4.78 is 16.6. The molecule has 1 N–H and O–H groups in total. The second-order valence-electron chi connectivity index (χ2n) is 5.77. The molecule has 5 nitrogen and oxygen atoms in total. The predicted molar refractivity (Wildman–Crippen MR) is 95.9 cm³/mol. The van der Waals surface area contributed by atoms with E-state index < -0.39 is 0 Å². The summed E-state index contributed by atoms with van der Waals surface area (Å²) in [6.07, 6.45) is 2.48. The highest BCUT2D eigenvalue weighted by Gasteiger charge is 2.14. The molecule has 2 heterocycles. The zero-order chi connectivity index (χ0) is 17.2. The van der Waals surface area contributed by atoms with Crippen LogP contribution >= 0.6 is 0 Å². The van der Waals surface area contributed by atoms with Gasteiger partial charge in [-0.1, -0.05) is 18.2 Å². The number of rotatable bonds is 5. The normalized spacial score (nSPS) is 11.1. The van der Waals surface area contributed by atoms with Crippen LogP contribution in [0.5, 0.6) is 5.75 Å². The Bertz CT molecular complexity index is 1030. The molecule has 0 aliphatic rings. The van der Waals surface area contributed by atoms with E-state index in [0.717, 1.165) is 22.1 Å². The van der Waals surface area contributed by atoms with Crippen molar-refractivity contribution in [2.75, 3.05) is 12.4 Å². The summed E-state index contributed by atoms with van der Waals surface area (Å²) in [6, 6.07) is 15.2. The second kappa shape index (κ2) is 6.36. The number of hydrogen-bond acceptors (Lipinski definition) is 4. The van der Waals surface area contributed by atoms with Crippen molar-refractivity contribution in [3.63, 3.8) is 0 Å². The molecule has 0 spiro atoms. The van der Waals surface area contributed by atoms with Gasteiger partial charge in [0.2, 0.25) is 5.91 Å². The first-order valence-corrected chi connectivity index (χ1v) is 8.06. The maximum Gasteiger partial charge on any atom is 0.224 e. The van der Waals surface area contributed by atoms with Crippen LogP contribution in [-0.4, -0.2) is 13.0 Å². The quantitative estimate of drug-likeness (QED) is 0.571. The molecule has 0 unspecified atom stereocenters. The maximum atomic E-state index is 12.2. The smallest absolute Gasteiger partial charge is 0.224 e. The number of ether oxygens (including phenoxy) is 1. The van der Waals surface area contributed by atoms with Crippen LogP contribution in [0.3, 0.4) is 0 Å². The topological polar surface area (TPSA) is 64.6 Å². The standard InChI is InChI=1S/C20H17NO4/c1-23-19-11-15-14-6-2-3-7-17(14)25-18(15)12-16(19)21-20(22)9-8-13-5-4-10-24-13/h2-7,10-12H,8-9H2,1H3,(H,21,22). The summed E-state index contributed by atoms with van der Waals surface area (Å²) in [7, 11) is 1.59. The van der Waals surface area contributed by atoms with Gasteiger partial charge < -0.3 is 18.9 Å². The number of carbonyl (C=O) groups excluding carboxylic acids is 1. The first-order valence-electron chi connectivity index (χ1n) is 8.06. The van der Waals surface area contributed by atoms with Crippen molar-refractivity contribution in [2.45, 2.75) is 12.8 Å². The Balaban J connectivity index is 1.61. The molecule has 2 aromatic heterocycles. The number of benzene rings is 2. The van der Waals surface area contributed by atoms with E-state index in [1.807, 2.05) is 42.5 Å². The number of anilines is 1. The zero-order valence-corrected chi connectivity index (χ0v) is 13.7. The summed E-state index contributed by atoms with van der Waals surface area (Å²) in [5.74, 6) is 1.28. The van der Waals surface area contributed by atoms with Gasteiger partial charge in [-0.05, 0) is 24.3 Å². The largest absolute Gasteiger partial charge is 0.495 e. The van der Waals surface area contributed by atoms with Gasteiger partial charge in [0.1, 0.15) is 22.7 Å². The number of methoxy groups -OCH3 is 1. The number of amides is 1. The number of nitrogens with one attached hydrogen (secondary N) is 1. The van der Waals surface area contributed by atoms with Gasteiger partial charge in [0, 0.05) is 29.7 Å². The van der Waals surface area contributed by atoms with Gasteiger partial charge >= 0.3 is 0 Å². The Morgan fingerprint density at radius 2 is 1.96 bits per heavy atom. The molecule has 4 rings (SSSR count). The van der Waals surface area contributed by atoms with Crippen LogP contribution in [0.25, 0.3) is 21.9 Å². The van der Waals surface area contributed by atoms with Crippen molar-refractivity contribution < 1.29 is 18.4 Å². The van der Waals surface area contributed by atoms with Gasteiger partial charge in [-0.2, -0.15) is 0 Å². The monoisotopic (exact) mass is 335 g/mol. The summed E-state index contributed by atoms with van der Waals surface area (Å²) >= 11 is 0. The molecular formula is C20H17NO4. The Morgan fingerprint density at radius 1 is 1.08 bits per heavy atom. The highest BCUT2D eigenvalue weighted by atomic mass is 16.5. The molecule has 0 aliphatic heterocycles. The number of carbonyl (C=O) groups is 1. The number of furan rings is 2. The second-order valence-corrected chi connectivity index (χ2v) is 5.77. The molecule has 5 heteroatoms. The molecule has 4 aromatic rings. The molecule has 25 heavy (non-hydrogen) atoms. The van der Waals surface area contributed by atoms with Crippen molar-refractivity contribution in [1.82, 2.24) is 0 Å². The van der Waals surface area contributed by atoms with Crippen LogP contribution in [-0.2, 0) is 11.2 Å². The van der Waals surface area contributed by atoms with Crippen LogP contribution in [0.2, 0.25) is 0 Å². The third-order valence-electron chi connectivity index (χ3n) is 4.15. The summed E-state index contributed by atoms with van der Waals surface area (Å²) in [4.78, 5) is 12.2. The molecular weight excluding hydrogens is 318 g/mol. The van der Waals surface area contributed by atoms with Crippen molar-refractivity contribution in [3.8, 4) is 5.75 Å². The van der Waals surface area contributed by atoms with Crippen LogP contribution in [0.15, 0.2) is 63.6 Å². The predicted octanol–water partition coefficient (Wildman–Crippen LogP) is 4.76. The first-order chi connectivity index (χ1) is 12.2. The summed E-state index contributed by atoms with van der Waals surface area (Å²) in [6.45, 7) is 0. The number of aryl methyl sites for hydroxylation is 1. The van der Waals surface area contributed by atoms with Gasteiger partial charge in [-0.25, -0.2) is 0 Å². The van der Waals surface area contributed by atoms with Gasteiger partial charge in [0.05, 0.1) is 19.1 Å². The minimum atomic E-state index is -0.106. The molecule has 1 amide bonds. The number of para-hydroxylation sites is 1. The minimum Gasteiger partial charge on any atom is -0.495 e. The third kappa shape index (κ3) is 2.96. The van der Waals surface area contributed by atoms with Gasteiger partial charge in [0.25, 0.3) is 0 Å². The summed E-state index contributed by atoms with van der Waals surface area (Å²) in [5.41, 5.74) is 2.11. The van der Waals surface area contributed by atoms with E-state index in [1.54, 1.807) is 19.4 Å².